The number of hydrogen-bond acceptors (Lipinski definition) is 4. The normalized spacial score (nSPS) is 11.5. The van der Waals surface area contributed by atoms with E-state index in [2.05, 4.69) is 27.5 Å². The molecule has 7 heteroatoms. The van der Waals surface area contributed by atoms with E-state index in [4.69, 9.17) is 16.3 Å². The fourth-order valence-corrected chi connectivity index (χ4v) is 3.16. The van der Waals surface area contributed by atoms with Gasteiger partial charge in [0.1, 0.15) is 10.8 Å². The number of halogens is 1. The molecule has 2 aromatic rings. The van der Waals surface area contributed by atoms with Crippen LogP contribution in [-0.4, -0.2) is 24.6 Å². The van der Waals surface area contributed by atoms with Crippen molar-refractivity contribution in [2.24, 2.45) is 4.99 Å². The third kappa shape index (κ3) is 5.11. The van der Waals surface area contributed by atoms with Crippen molar-refractivity contribution >= 4 is 28.9 Å². The van der Waals surface area contributed by atoms with Crippen molar-refractivity contribution in [2.45, 2.75) is 33.9 Å². The van der Waals surface area contributed by atoms with Gasteiger partial charge in [-0.2, -0.15) is 0 Å². The van der Waals surface area contributed by atoms with Crippen molar-refractivity contribution in [1.29, 1.82) is 0 Å². The van der Waals surface area contributed by atoms with Crippen LogP contribution < -0.4 is 15.4 Å². The number of aliphatic imine (C=N–C) groups is 1. The lowest BCUT2D eigenvalue weighted by Gasteiger charge is -2.11. The van der Waals surface area contributed by atoms with Crippen LogP contribution in [0.5, 0.6) is 5.75 Å². The number of ether oxygens (including phenoxy) is 1. The lowest BCUT2D eigenvalue weighted by Crippen LogP contribution is -2.36. The minimum Gasteiger partial charge on any atom is -0.496 e. The van der Waals surface area contributed by atoms with E-state index in [0.29, 0.717) is 18.1 Å². The van der Waals surface area contributed by atoms with Crippen LogP contribution >= 0.6 is 22.9 Å². The molecule has 1 aromatic carbocycles. The van der Waals surface area contributed by atoms with Gasteiger partial charge in [-0.05, 0) is 32.9 Å². The maximum Gasteiger partial charge on any atom is 0.191 e. The van der Waals surface area contributed by atoms with Gasteiger partial charge in [-0.15, -0.1) is 11.3 Å². The Bertz CT molecular complexity index is 695. The quantitative estimate of drug-likeness (QED) is 0.604. The highest BCUT2D eigenvalue weighted by atomic mass is 35.5. The highest BCUT2D eigenvalue weighted by Gasteiger charge is 2.06. The Hall–Kier alpha value is -1.79. The summed E-state index contributed by atoms with van der Waals surface area (Å²) in [5, 5.41) is 8.27. The van der Waals surface area contributed by atoms with E-state index in [1.807, 2.05) is 26.0 Å². The maximum atomic E-state index is 5.99. The minimum atomic E-state index is 0.506. The molecule has 0 radical (unpaired) electrons. The van der Waals surface area contributed by atoms with Gasteiger partial charge in [-0.3, -0.25) is 0 Å². The Morgan fingerprint density at radius 2 is 2.12 bits per heavy atom. The largest absolute Gasteiger partial charge is 0.496 e. The smallest absolute Gasteiger partial charge is 0.191 e. The SMILES string of the molecule is CCNC(=NCc1ccc(Cl)cc1OC)NCc1nc(C)c(C)s1. The first-order chi connectivity index (χ1) is 11.5. The van der Waals surface area contributed by atoms with E-state index >= 15 is 0 Å². The summed E-state index contributed by atoms with van der Waals surface area (Å²) < 4.78 is 5.36. The highest BCUT2D eigenvalue weighted by Crippen LogP contribution is 2.23. The van der Waals surface area contributed by atoms with Gasteiger partial charge < -0.3 is 15.4 Å². The zero-order valence-corrected chi connectivity index (χ0v) is 16.0. The average Bonchev–Trinajstić information content (AvgIpc) is 2.89. The van der Waals surface area contributed by atoms with Crippen molar-refractivity contribution < 1.29 is 4.74 Å². The maximum absolute atomic E-state index is 5.99. The number of aryl methyl sites for hydroxylation is 2. The van der Waals surface area contributed by atoms with E-state index < -0.39 is 0 Å². The molecule has 0 amide bonds. The van der Waals surface area contributed by atoms with Crippen molar-refractivity contribution in [1.82, 2.24) is 15.6 Å². The van der Waals surface area contributed by atoms with Crippen LogP contribution in [0, 0.1) is 13.8 Å². The first-order valence-corrected chi connectivity index (χ1v) is 9.00. The molecule has 0 unspecified atom stereocenters. The average molecular weight is 367 g/mol. The molecule has 5 nitrogen and oxygen atoms in total. The van der Waals surface area contributed by atoms with Crippen LogP contribution in [0.25, 0.3) is 0 Å². The van der Waals surface area contributed by atoms with Gasteiger partial charge in [0.2, 0.25) is 0 Å². The first-order valence-electron chi connectivity index (χ1n) is 7.81. The van der Waals surface area contributed by atoms with Crippen LogP contribution in [0.15, 0.2) is 23.2 Å². The summed E-state index contributed by atoms with van der Waals surface area (Å²) in [6, 6.07) is 5.58. The number of nitrogens with one attached hydrogen (secondary N) is 2. The van der Waals surface area contributed by atoms with Crippen LogP contribution in [0.3, 0.4) is 0 Å². The molecule has 0 bridgehead atoms. The third-order valence-electron chi connectivity index (χ3n) is 3.48. The second-order valence-corrected chi connectivity index (χ2v) is 6.98. The summed E-state index contributed by atoms with van der Waals surface area (Å²) in [7, 11) is 1.63. The molecule has 0 fully saturated rings. The Balaban J connectivity index is 2.05. The molecule has 0 atom stereocenters. The minimum absolute atomic E-state index is 0.506. The summed E-state index contributed by atoms with van der Waals surface area (Å²) >= 11 is 7.70. The summed E-state index contributed by atoms with van der Waals surface area (Å²) in [5.74, 6) is 1.49. The Morgan fingerprint density at radius 3 is 2.75 bits per heavy atom. The summed E-state index contributed by atoms with van der Waals surface area (Å²) in [4.78, 5) is 10.4. The molecule has 24 heavy (non-hydrogen) atoms. The molecular weight excluding hydrogens is 344 g/mol. The number of guanidine groups is 1. The van der Waals surface area contributed by atoms with Crippen LogP contribution in [0.1, 0.15) is 28.1 Å². The number of methoxy groups -OCH3 is 1. The fraction of sp³-hybridized carbons (Fsp3) is 0.412. The second-order valence-electron chi connectivity index (χ2n) is 5.25. The monoisotopic (exact) mass is 366 g/mol. The Kier molecular flexibility index (Phi) is 6.87. The summed E-state index contributed by atoms with van der Waals surface area (Å²) in [6.45, 7) is 8.11. The molecule has 1 heterocycles. The predicted octanol–water partition coefficient (Wildman–Crippen LogP) is 3.68. The lowest BCUT2D eigenvalue weighted by molar-refractivity contribution is 0.410. The van der Waals surface area contributed by atoms with E-state index in [9.17, 15) is 0 Å². The molecule has 130 valence electrons. The standard InChI is InChI=1S/C17H23ClN4OS/c1-5-19-17(21-10-16-22-11(2)12(3)24-16)20-9-13-6-7-14(18)8-15(13)23-4/h6-8H,5,9-10H2,1-4H3,(H2,19,20,21). The zero-order chi connectivity index (χ0) is 17.5. The van der Waals surface area contributed by atoms with Gasteiger partial charge in [-0.25, -0.2) is 9.98 Å². The molecule has 2 N–H and O–H groups in total. The fourth-order valence-electron chi connectivity index (χ4n) is 2.13. The number of thiazole rings is 1. The second kappa shape index (κ2) is 8.89. The van der Waals surface area contributed by atoms with Gasteiger partial charge in [0.05, 0.1) is 25.9 Å². The van der Waals surface area contributed by atoms with Crippen LogP contribution in [-0.2, 0) is 13.1 Å². The third-order valence-corrected chi connectivity index (χ3v) is 4.79. The van der Waals surface area contributed by atoms with Crippen molar-refractivity contribution in [3.8, 4) is 5.75 Å². The Labute approximate surface area is 152 Å². The first kappa shape index (κ1) is 18.5. The molecular formula is C17H23ClN4OS. The molecule has 1 aromatic heterocycles. The molecule has 0 aliphatic carbocycles. The highest BCUT2D eigenvalue weighted by molar-refractivity contribution is 7.11. The van der Waals surface area contributed by atoms with E-state index in [-0.39, 0.29) is 0 Å². The van der Waals surface area contributed by atoms with E-state index in [1.165, 1.54) is 4.88 Å². The van der Waals surface area contributed by atoms with E-state index in [1.54, 1.807) is 24.5 Å². The molecule has 0 aliphatic heterocycles. The topological polar surface area (TPSA) is 58.5 Å². The van der Waals surface area contributed by atoms with Crippen molar-refractivity contribution in [3.63, 3.8) is 0 Å². The van der Waals surface area contributed by atoms with Crippen LogP contribution in [0.4, 0.5) is 0 Å². The number of aromatic nitrogens is 1. The van der Waals surface area contributed by atoms with E-state index in [0.717, 1.165) is 34.5 Å². The molecule has 0 spiro atoms. The van der Waals surface area contributed by atoms with Crippen molar-refractivity contribution in [2.75, 3.05) is 13.7 Å². The van der Waals surface area contributed by atoms with Gasteiger partial charge in [0.15, 0.2) is 5.96 Å². The number of nitrogens with zero attached hydrogens (tertiary/aromatic N) is 2. The lowest BCUT2D eigenvalue weighted by atomic mass is 10.2. The Morgan fingerprint density at radius 1 is 1.33 bits per heavy atom. The number of hydrogen-bond donors (Lipinski definition) is 2. The predicted molar refractivity (Wildman–Crippen MR) is 101 cm³/mol. The van der Waals surface area contributed by atoms with Gasteiger partial charge in [0, 0.05) is 22.0 Å². The molecule has 0 aliphatic rings. The molecule has 0 saturated carbocycles. The number of benzene rings is 1. The van der Waals surface area contributed by atoms with Crippen LogP contribution in [0.2, 0.25) is 5.02 Å². The summed E-state index contributed by atoms with van der Waals surface area (Å²) in [5.41, 5.74) is 2.07. The van der Waals surface area contributed by atoms with Gasteiger partial charge in [0.25, 0.3) is 0 Å². The molecule has 0 saturated heterocycles. The molecule has 2 rings (SSSR count). The summed E-state index contributed by atoms with van der Waals surface area (Å²) in [6.07, 6.45) is 0. The van der Waals surface area contributed by atoms with Crippen molar-refractivity contribution in [3.05, 3.63) is 44.4 Å². The zero-order valence-electron chi connectivity index (χ0n) is 14.4. The van der Waals surface area contributed by atoms with Gasteiger partial charge in [-0.1, -0.05) is 17.7 Å². The van der Waals surface area contributed by atoms with Gasteiger partial charge >= 0.3 is 0 Å². The number of rotatable bonds is 6.